The van der Waals surface area contributed by atoms with E-state index < -0.39 is 22.2 Å². The van der Waals surface area contributed by atoms with Crippen LogP contribution in [0.25, 0.3) is 0 Å². The predicted octanol–water partition coefficient (Wildman–Crippen LogP) is 0.729. The first-order valence-corrected chi connectivity index (χ1v) is 5.71. The number of alkyl halides is 1. The van der Waals surface area contributed by atoms with Gasteiger partial charge in [-0.3, -0.25) is 20.2 Å². The van der Waals surface area contributed by atoms with Gasteiger partial charge < -0.3 is 0 Å². The summed E-state index contributed by atoms with van der Waals surface area (Å²) in [5.41, 5.74) is 0.823. The van der Waals surface area contributed by atoms with Crippen molar-refractivity contribution in [3.05, 3.63) is 35.9 Å². The lowest BCUT2D eigenvalue weighted by Gasteiger charge is -2.28. The van der Waals surface area contributed by atoms with Gasteiger partial charge in [-0.05, 0) is 5.56 Å². The van der Waals surface area contributed by atoms with Crippen molar-refractivity contribution >= 4 is 33.8 Å². The first-order chi connectivity index (χ1) is 8.02. The molecule has 1 aromatic rings. The summed E-state index contributed by atoms with van der Waals surface area (Å²) in [6.07, 6.45) is 0.179. The van der Waals surface area contributed by atoms with Crippen LogP contribution in [0.5, 0.6) is 0 Å². The molecule has 1 heterocycles. The zero-order valence-electron chi connectivity index (χ0n) is 8.70. The van der Waals surface area contributed by atoms with Crippen molar-refractivity contribution in [1.29, 1.82) is 0 Å². The Morgan fingerprint density at radius 2 is 1.53 bits per heavy atom. The first-order valence-electron chi connectivity index (χ1n) is 4.92. The number of hydrogen-bond donors (Lipinski definition) is 2. The monoisotopic (exact) mass is 296 g/mol. The Balaban J connectivity index is 2.26. The van der Waals surface area contributed by atoms with Crippen molar-refractivity contribution in [2.45, 2.75) is 10.7 Å². The fourth-order valence-corrected chi connectivity index (χ4v) is 2.10. The Kier molecular flexibility index (Phi) is 2.97. The van der Waals surface area contributed by atoms with Crippen LogP contribution >= 0.6 is 15.9 Å². The number of carbonyl (C=O) groups excluding carboxylic acids is 3. The summed E-state index contributed by atoms with van der Waals surface area (Å²) < 4.78 is -1.43. The van der Waals surface area contributed by atoms with Crippen LogP contribution in [0.3, 0.4) is 0 Å². The number of carbonyl (C=O) groups is 3. The quantitative estimate of drug-likeness (QED) is 0.624. The van der Waals surface area contributed by atoms with Gasteiger partial charge in [0.15, 0.2) is 4.32 Å². The smallest absolute Gasteiger partial charge is 0.276 e. The SMILES string of the molecule is O=C1NC(=O)C(Br)(Cc2ccccc2)C(=O)N1. The molecular weight excluding hydrogens is 288 g/mol. The minimum absolute atomic E-state index is 0.179. The molecule has 0 spiro atoms. The number of rotatable bonds is 2. The molecule has 4 amide bonds. The number of urea groups is 1. The van der Waals surface area contributed by atoms with E-state index in [4.69, 9.17) is 0 Å². The number of amides is 4. The highest BCUT2D eigenvalue weighted by Gasteiger charge is 2.48. The maximum atomic E-state index is 11.7. The Morgan fingerprint density at radius 3 is 2.06 bits per heavy atom. The highest BCUT2D eigenvalue weighted by molar-refractivity contribution is 9.10. The Labute approximate surface area is 106 Å². The van der Waals surface area contributed by atoms with Crippen molar-refractivity contribution in [2.24, 2.45) is 0 Å². The molecule has 0 unspecified atom stereocenters. The van der Waals surface area contributed by atoms with Gasteiger partial charge in [-0.15, -0.1) is 0 Å². The van der Waals surface area contributed by atoms with Gasteiger partial charge in [0.25, 0.3) is 11.8 Å². The molecule has 0 saturated carbocycles. The van der Waals surface area contributed by atoms with E-state index in [1.807, 2.05) is 18.2 Å². The largest absolute Gasteiger partial charge is 0.328 e. The van der Waals surface area contributed by atoms with E-state index >= 15 is 0 Å². The van der Waals surface area contributed by atoms with Gasteiger partial charge in [-0.2, -0.15) is 0 Å². The number of benzene rings is 1. The molecular formula is C11H9BrN2O3. The summed E-state index contributed by atoms with van der Waals surface area (Å²) in [4.78, 5) is 34.3. The van der Waals surface area contributed by atoms with E-state index in [0.29, 0.717) is 0 Å². The molecule has 0 bridgehead atoms. The second-order valence-electron chi connectivity index (χ2n) is 3.70. The van der Waals surface area contributed by atoms with Gasteiger partial charge in [0.1, 0.15) is 0 Å². The maximum Gasteiger partial charge on any atom is 0.328 e. The average molecular weight is 297 g/mol. The van der Waals surface area contributed by atoms with Gasteiger partial charge >= 0.3 is 6.03 Å². The molecule has 88 valence electrons. The van der Waals surface area contributed by atoms with Crippen molar-refractivity contribution in [3.8, 4) is 0 Å². The van der Waals surface area contributed by atoms with Gasteiger partial charge in [-0.1, -0.05) is 46.3 Å². The Morgan fingerprint density at radius 1 is 1.00 bits per heavy atom. The summed E-state index contributed by atoms with van der Waals surface area (Å²) in [5, 5.41) is 4.13. The minimum atomic E-state index is -1.43. The van der Waals surface area contributed by atoms with E-state index in [-0.39, 0.29) is 6.42 Å². The van der Waals surface area contributed by atoms with Crippen LogP contribution < -0.4 is 10.6 Å². The standard InChI is InChI=1S/C11H9BrN2O3/c12-11(6-7-4-2-1-3-5-7)8(15)13-10(17)14-9(11)16/h1-5H,6H2,(H2,13,14,15,16,17). The lowest BCUT2D eigenvalue weighted by Crippen LogP contribution is -2.64. The number of nitrogens with one attached hydrogen (secondary N) is 2. The normalized spacial score (nSPS) is 18.5. The predicted molar refractivity (Wildman–Crippen MR) is 63.5 cm³/mol. The molecule has 1 aromatic carbocycles. The molecule has 0 aliphatic carbocycles. The lowest BCUT2D eigenvalue weighted by molar-refractivity contribution is -0.133. The molecule has 6 heteroatoms. The third-order valence-corrected chi connectivity index (χ3v) is 3.47. The molecule has 0 radical (unpaired) electrons. The van der Waals surface area contributed by atoms with Crippen molar-refractivity contribution in [3.63, 3.8) is 0 Å². The van der Waals surface area contributed by atoms with Crippen LogP contribution in [0.2, 0.25) is 0 Å². The molecule has 2 rings (SSSR count). The minimum Gasteiger partial charge on any atom is -0.276 e. The van der Waals surface area contributed by atoms with Crippen molar-refractivity contribution < 1.29 is 14.4 Å². The van der Waals surface area contributed by atoms with Gasteiger partial charge in [0.2, 0.25) is 0 Å². The molecule has 1 aliphatic rings. The van der Waals surface area contributed by atoms with E-state index in [2.05, 4.69) is 26.6 Å². The van der Waals surface area contributed by atoms with Crippen molar-refractivity contribution in [1.82, 2.24) is 10.6 Å². The summed E-state index contributed by atoms with van der Waals surface area (Å²) >= 11 is 3.11. The number of hydrogen-bond acceptors (Lipinski definition) is 3. The van der Waals surface area contributed by atoms with E-state index in [1.165, 1.54) is 0 Å². The zero-order chi connectivity index (χ0) is 12.5. The second-order valence-corrected chi connectivity index (χ2v) is 5.05. The molecule has 2 N–H and O–H groups in total. The molecule has 1 saturated heterocycles. The van der Waals surface area contributed by atoms with E-state index in [9.17, 15) is 14.4 Å². The van der Waals surface area contributed by atoms with E-state index in [1.54, 1.807) is 12.1 Å². The molecule has 5 nitrogen and oxygen atoms in total. The van der Waals surface area contributed by atoms with Gasteiger partial charge in [0.05, 0.1) is 0 Å². The third kappa shape index (κ3) is 2.21. The van der Waals surface area contributed by atoms with Crippen LogP contribution in [0.4, 0.5) is 4.79 Å². The van der Waals surface area contributed by atoms with Crippen LogP contribution in [-0.4, -0.2) is 22.2 Å². The Hall–Kier alpha value is -1.69. The molecule has 1 aliphatic heterocycles. The molecule has 17 heavy (non-hydrogen) atoms. The molecule has 0 aromatic heterocycles. The van der Waals surface area contributed by atoms with Gasteiger partial charge in [0, 0.05) is 6.42 Å². The lowest BCUT2D eigenvalue weighted by atomic mass is 9.96. The summed E-state index contributed by atoms with van der Waals surface area (Å²) in [5.74, 6) is -1.29. The summed E-state index contributed by atoms with van der Waals surface area (Å²) in [7, 11) is 0. The fourth-order valence-electron chi connectivity index (χ4n) is 1.58. The first kappa shape index (κ1) is 11.8. The Bertz CT molecular complexity index is 467. The van der Waals surface area contributed by atoms with E-state index in [0.717, 1.165) is 5.56 Å². The van der Waals surface area contributed by atoms with Crippen molar-refractivity contribution in [2.75, 3.05) is 0 Å². The number of imide groups is 2. The maximum absolute atomic E-state index is 11.7. The zero-order valence-corrected chi connectivity index (χ0v) is 10.3. The van der Waals surface area contributed by atoms with Crippen LogP contribution in [0.15, 0.2) is 30.3 Å². The topological polar surface area (TPSA) is 75.3 Å². The summed E-state index contributed by atoms with van der Waals surface area (Å²) in [6.45, 7) is 0. The van der Waals surface area contributed by atoms with Gasteiger partial charge in [-0.25, -0.2) is 4.79 Å². The highest BCUT2D eigenvalue weighted by atomic mass is 79.9. The summed E-state index contributed by atoms with van der Waals surface area (Å²) in [6, 6.07) is 8.29. The van der Waals surface area contributed by atoms with Crippen LogP contribution in [0, 0.1) is 0 Å². The van der Waals surface area contributed by atoms with Crippen LogP contribution in [0.1, 0.15) is 5.56 Å². The number of barbiturate groups is 1. The molecule has 1 fully saturated rings. The molecule has 0 atom stereocenters. The average Bonchev–Trinajstić information content (AvgIpc) is 2.28. The second kappa shape index (κ2) is 4.29. The number of halogens is 1. The highest BCUT2D eigenvalue weighted by Crippen LogP contribution is 2.26. The third-order valence-electron chi connectivity index (χ3n) is 2.46. The fraction of sp³-hybridized carbons (Fsp3) is 0.182. The van der Waals surface area contributed by atoms with Crippen LogP contribution in [-0.2, 0) is 16.0 Å².